The lowest BCUT2D eigenvalue weighted by Gasteiger charge is -2.32. The zero-order valence-electron chi connectivity index (χ0n) is 13.5. The van der Waals surface area contributed by atoms with Crippen molar-refractivity contribution in [2.24, 2.45) is 0 Å². The van der Waals surface area contributed by atoms with Gasteiger partial charge >= 0.3 is 7.12 Å². The average Bonchev–Trinajstić information content (AvgIpc) is 2.68. The predicted octanol–water partition coefficient (Wildman–Crippen LogP) is 2.63. The third kappa shape index (κ3) is 2.51. The van der Waals surface area contributed by atoms with Gasteiger partial charge in [-0.3, -0.25) is 4.98 Å². The summed E-state index contributed by atoms with van der Waals surface area (Å²) >= 11 is 0. The van der Waals surface area contributed by atoms with Crippen LogP contribution in [0.25, 0.3) is 11.1 Å². The maximum absolute atomic E-state index is 6.22. The first-order valence-corrected chi connectivity index (χ1v) is 7.46. The second kappa shape index (κ2) is 5.11. The monoisotopic (exact) mass is 296 g/mol. The molecule has 0 amide bonds. The molecule has 114 valence electrons. The summed E-state index contributed by atoms with van der Waals surface area (Å²) in [4.78, 5) is 4.14. The molecule has 0 atom stereocenters. The van der Waals surface area contributed by atoms with Crippen LogP contribution >= 0.6 is 0 Å². The Hall–Kier alpha value is -1.85. The highest BCUT2D eigenvalue weighted by Gasteiger charge is 2.51. The van der Waals surface area contributed by atoms with Gasteiger partial charge < -0.3 is 15.0 Å². The normalized spacial score (nSPS) is 19.4. The van der Waals surface area contributed by atoms with Gasteiger partial charge in [0.2, 0.25) is 0 Å². The lowest BCUT2D eigenvalue weighted by Crippen LogP contribution is -2.41. The van der Waals surface area contributed by atoms with Gasteiger partial charge in [0.1, 0.15) is 0 Å². The lowest BCUT2D eigenvalue weighted by molar-refractivity contribution is 0.00578. The highest BCUT2D eigenvalue weighted by molar-refractivity contribution is 6.62. The van der Waals surface area contributed by atoms with Gasteiger partial charge in [0.25, 0.3) is 0 Å². The molecule has 2 aromatic rings. The molecule has 0 aliphatic carbocycles. The van der Waals surface area contributed by atoms with Crippen molar-refractivity contribution in [1.29, 1.82) is 0 Å². The molecule has 5 heteroatoms. The molecule has 22 heavy (non-hydrogen) atoms. The molecule has 1 aliphatic heterocycles. The van der Waals surface area contributed by atoms with Crippen molar-refractivity contribution in [3.63, 3.8) is 0 Å². The number of rotatable bonds is 2. The number of hydrogen-bond acceptors (Lipinski definition) is 4. The van der Waals surface area contributed by atoms with Gasteiger partial charge in [-0.25, -0.2) is 0 Å². The van der Waals surface area contributed by atoms with Crippen LogP contribution in [-0.2, 0) is 9.31 Å². The highest BCUT2D eigenvalue weighted by Crippen LogP contribution is 2.36. The van der Waals surface area contributed by atoms with Crippen molar-refractivity contribution in [2.45, 2.75) is 38.9 Å². The van der Waals surface area contributed by atoms with E-state index in [4.69, 9.17) is 15.0 Å². The first-order valence-electron chi connectivity index (χ1n) is 7.46. The molecular weight excluding hydrogens is 275 g/mol. The summed E-state index contributed by atoms with van der Waals surface area (Å²) in [6, 6.07) is 9.81. The number of pyridine rings is 1. The van der Waals surface area contributed by atoms with Crippen molar-refractivity contribution in [1.82, 2.24) is 4.98 Å². The minimum atomic E-state index is -0.393. The quantitative estimate of drug-likeness (QED) is 0.683. The number of aromatic nitrogens is 1. The molecule has 1 aromatic heterocycles. The summed E-state index contributed by atoms with van der Waals surface area (Å²) in [5.74, 6) is 0. The fourth-order valence-electron chi connectivity index (χ4n) is 2.49. The van der Waals surface area contributed by atoms with Crippen molar-refractivity contribution < 1.29 is 9.31 Å². The second-order valence-electron chi connectivity index (χ2n) is 6.68. The second-order valence-corrected chi connectivity index (χ2v) is 6.68. The van der Waals surface area contributed by atoms with E-state index in [-0.39, 0.29) is 11.2 Å². The van der Waals surface area contributed by atoms with E-state index in [1.54, 1.807) is 12.4 Å². The Kier molecular flexibility index (Phi) is 3.50. The topological polar surface area (TPSA) is 57.4 Å². The molecule has 1 fully saturated rings. The number of hydrogen-bond donors (Lipinski definition) is 1. The molecule has 1 aliphatic rings. The maximum Gasteiger partial charge on any atom is 0.494 e. The first-order chi connectivity index (χ1) is 10.3. The minimum Gasteiger partial charge on any atom is -0.399 e. The highest BCUT2D eigenvalue weighted by atomic mass is 16.7. The van der Waals surface area contributed by atoms with Gasteiger partial charge in [-0.2, -0.15) is 0 Å². The van der Waals surface area contributed by atoms with Crippen LogP contribution in [0.3, 0.4) is 0 Å². The number of nitrogens with zero attached hydrogens (tertiary/aromatic N) is 1. The molecule has 0 radical (unpaired) electrons. The number of benzene rings is 1. The summed E-state index contributed by atoms with van der Waals surface area (Å²) in [5.41, 5.74) is 9.11. The van der Waals surface area contributed by atoms with Gasteiger partial charge in [-0.05, 0) is 45.3 Å². The molecule has 2 heterocycles. The number of nitrogens with two attached hydrogens (primary N) is 1. The van der Waals surface area contributed by atoms with E-state index in [1.807, 2.05) is 58.0 Å². The van der Waals surface area contributed by atoms with Crippen LogP contribution in [-0.4, -0.2) is 23.3 Å². The number of nitrogen functional groups attached to an aromatic ring is 1. The van der Waals surface area contributed by atoms with Gasteiger partial charge in [-0.1, -0.05) is 18.2 Å². The molecule has 0 bridgehead atoms. The molecule has 1 saturated heterocycles. The van der Waals surface area contributed by atoms with Crippen LogP contribution in [0.15, 0.2) is 42.7 Å². The zero-order valence-corrected chi connectivity index (χ0v) is 13.5. The van der Waals surface area contributed by atoms with E-state index >= 15 is 0 Å². The smallest absolute Gasteiger partial charge is 0.399 e. The third-order valence-corrected chi connectivity index (χ3v) is 4.57. The lowest BCUT2D eigenvalue weighted by atomic mass is 9.78. The average molecular weight is 296 g/mol. The Bertz CT molecular complexity index is 670. The molecule has 2 N–H and O–H groups in total. The zero-order chi connectivity index (χ0) is 16.0. The summed E-state index contributed by atoms with van der Waals surface area (Å²) in [7, 11) is -0.393. The van der Waals surface area contributed by atoms with Gasteiger partial charge in [-0.15, -0.1) is 0 Å². The van der Waals surface area contributed by atoms with Crippen molar-refractivity contribution in [3.8, 4) is 11.1 Å². The molecule has 1 aromatic carbocycles. The summed E-state index contributed by atoms with van der Waals surface area (Å²) in [6.07, 6.45) is 3.55. The fraction of sp³-hybridized carbons (Fsp3) is 0.353. The van der Waals surface area contributed by atoms with Crippen LogP contribution in [0.4, 0.5) is 5.69 Å². The summed E-state index contributed by atoms with van der Waals surface area (Å²) in [6.45, 7) is 8.17. The van der Waals surface area contributed by atoms with Crippen LogP contribution < -0.4 is 11.2 Å². The largest absolute Gasteiger partial charge is 0.494 e. The summed E-state index contributed by atoms with van der Waals surface area (Å²) < 4.78 is 12.1. The molecule has 0 saturated carbocycles. The van der Waals surface area contributed by atoms with Gasteiger partial charge in [0.05, 0.1) is 11.2 Å². The van der Waals surface area contributed by atoms with E-state index in [0.717, 1.165) is 16.6 Å². The van der Waals surface area contributed by atoms with Crippen LogP contribution in [0.5, 0.6) is 0 Å². The van der Waals surface area contributed by atoms with Crippen molar-refractivity contribution in [2.75, 3.05) is 5.73 Å². The molecule has 0 unspecified atom stereocenters. The van der Waals surface area contributed by atoms with E-state index < -0.39 is 7.12 Å². The van der Waals surface area contributed by atoms with Crippen molar-refractivity contribution >= 4 is 18.3 Å². The third-order valence-electron chi connectivity index (χ3n) is 4.57. The SMILES string of the molecule is CC1(C)OB(c2ccc(-c3cccnc3)c(N)c2)OC1(C)C. The Morgan fingerprint density at radius 1 is 1.05 bits per heavy atom. The van der Waals surface area contributed by atoms with Crippen LogP contribution in [0.2, 0.25) is 0 Å². The molecule has 0 spiro atoms. The van der Waals surface area contributed by atoms with Crippen molar-refractivity contribution in [3.05, 3.63) is 42.7 Å². The predicted molar refractivity (Wildman–Crippen MR) is 89.8 cm³/mol. The Morgan fingerprint density at radius 3 is 2.27 bits per heavy atom. The Balaban J connectivity index is 1.91. The van der Waals surface area contributed by atoms with E-state index in [9.17, 15) is 0 Å². The standard InChI is InChI=1S/C17H21BN2O2/c1-16(2)17(3,4)22-18(21-16)13-7-8-14(15(19)10-13)12-6-5-9-20-11-12/h5-11H,19H2,1-4H3. The molecular formula is C17H21BN2O2. The Labute approximate surface area is 131 Å². The fourth-order valence-corrected chi connectivity index (χ4v) is 2.49. The van der Waals surface area contributed by atoms with E-state index in [0.29, 0.717) is 5.69 Å². The van der Waals surface area contributed by atoms with Crippen LogP contribution in [0, 0.1) is 0 Å². The van der Waals surface area contributed by atoms with Gasteiger partial charge in [0.15, 0.2) is 0 Å². The van der Waals surface area contributed by atoms with E-state index in [1.165, 1.54) is 0 Å². The summed E-state index contributed by atoms with van der Waals surface area (Å²) in [5, 5.41) is 0. The number of anilines is 1. The van der Waals surface area contributed by atoms with Gasteiger partial charge in [0, 0.05) is 29.2 Å². The first kappa shape index (κ1) is 15.1. The minimum absolute atomic E-state index is 0.353. The van der Waals surface area contributed by atoms with Crippen LogP contribution in [0.1, 0.15) is 27.7 Å². The Morgan fingerprint density at radius 2 is 1.73 bits per heavy atom. The van der Waals surface area contributed by atoms with E-state index in [2.05, 4.69) is 4.98 Å². The molecule has 4 nitrogen and oxygen atoms in total. The maximum atomic E-state index is 6.22. The molecule has 3 rings (SSSR count).